The molecule has 0 spiro atoms. The minimum Gasteiger partial charge on any atom is -0.493 e. The van der Waals surface area contributed by atoms with Gasteiger partial charge in [0.25, 0.3) is 5.91 Å². The molecular formula is C21H25NO5. The normalized spacial score (nSPS) is 13.8. The van der Waals surface area contributed by atoms with E-state index in [-0.39, 0.29) is 24.5 Å². The van der Waals surface area contributed by atoms with Crippen LogP contribution in [0.1, 0.15) is 25.5 Å². The van der Waals surface area contributed by atoms with Crippen LogP contribution in [-0.4, -0.2) is 32.8 Å². The van der Waals surface area contributed by atoms with Crippen molar-refractivity contribution >= 4 is 5.91 Å². The monoisotopic (exact) mass is 371 g/mol. The molecule has 1 atom stereocenters. The largest absolute Gasteiger partial charge is 0.493 e. The molecule has 1 heterocycles. The minimum atomic E-state index is -0.200. The minimum absolute atomic E-state index is 0.0891. The van der Waals surface area contributed by atoms with Gasteiger partial charge < -0.3 is 24.3 Å². The lowest BCUT2D eigenvalue weighted by Gasteiger charge is -2.25. The Balaban J connectivity index is 1.66. The highest BCUT2D eigenvalue weighted by Gasteiger charge is 2.21. The fraction of sp³-hybridized carbons (Fsp3) is 0.381. The topological polar surface area (TPSA) is 66.0 Å². The van der Waals surface area contributed by atoms with E-state index in [9.17, 15) is 4.79 Å². The predicted octanol–water partition coefficient (Wildman–Crippen LogP) is 3.36. The number of hydrogen-bond acceptors (Lipinski definition) is 5. The molecule has 2 aromatic carbocycles. The van der Waals surface area contributed by atoms with Crippen LogP contribution in [0.25, 0.3) is 0 Å². The van der Waals surface area contributed by atoms with Gasteiger partial charge in [0, 0.05) is 0 Å². The number of benzene rings is 2. The summed E-state index contributed by atoms with van der Waals surface area (Å²) in [6.45, 7) is 5.11. The van der Waals surface area contributed by atoms with Crippen LogP contribution in [0, 0.1) is 5.92 Å². The first-order chi connectivity index (χ1) is 13.1. The van der Waals surface area contributed by atoms with Crippen molar-refractivity contribution in [2.75, 3.05) is 26.9 Å². The number of nitrogens with one attached hydrogen (secondary N) is 1. The van der Waals surface area contributed by atoms with Gasteiger partial charge in [-0.05, 0) is 35.7 Å². The van der Waals surface area contributed by atoms with Gasteiger partial charge in [-0.15, -0.1) is 0 Å². The smallest absolute Gasteiger partial charge is 0.258 e. The van der Waals surface area contributed by atoms with Gasteiger partial charge in [-0.1, -0.05) is 32.0 Å². The lowest BCUT2D eigenvalue weighted by atomic mass is 9.95. The summed E-state index contributed by atoms with van der Waals surface area (Å²) in [5.74, 6) is 2.58. The Labute approximate surface area is 159 Å². The molecule has 0 aromatic heterocycles. The van der Waals surface area contributed by atoms with Crippen molar-refractivity contribution < 1.29 is 23.7 Å². The molecule has 1 aliphatic heterocycles. The molecule has 144 valence electrons. The van der Waals surface area contributed by atoms with E-state index in [0.717, 1.165) is 11.3 Å². The molecule has 0 unspecified atom stereocenters. The van der Waals surface area contributed by atoms with Crippen LogP contribution in [0.5, 0.6) is 23.0 Å². The zero-order chi connectivity index (χ0) is 19.2. The molecule has 1 aliphatic rings. The van der Waals surface area contributed by atoms with Crippen LogP contribution in [0.4, 0.5) is 0 Å². The van der Waals surface area contributed by atoms with Crippen molar-refractivity contribution in [1.82, 2.24) is 5.32 Å². The van der Waals surface area contributed by atoms with Gasteiger partial charge >= 0.3 is 0 Å². The van der Waals surface area contributed by atoms with Crippen molar-refractivity contribution in [3.63, 3.8) is 0 Å². The summed E-state index contributed by atoms with van der Waals surface area (Å²) in [6.07, 6.45) is 0. The average molecular weight is 371 g/mol. The van der Waals surface area contributed by atoms with Crippen molar-refractivity contribution in [2.24, 2.45) is 5.92 Å². The summed E-state index contributed by atoms with van der Waals surface area (Å²) in [5, 5.41) is 3.05. The fourth-order valence-corrected chi connectivity index (χ4v) is 2.98. The molecule has 1 N–H and O–H groups in total. The second kappa shape index (κ2) is 8.66. The maximum atomic E-state index is 12.5. The van der Waals surface area contributed by atoms with Crippen molar-refractivity contribution in [2.45, 2.75) is 19.9 Å². The van der Waals surface area contributed by atoms with Crippen LogP contribution in [0.3, 0.4) is 0 Å². The van der Waals surface area contributed by atoms with Crippen molar-refractivity contribution in [1.29, 1.82) is 0 Å². The quantitative estimate of drug-likeness (QED) is 0.808. The summed E-state index contributed by atoms with van der Waals surface area (Å²) in [7, 11) is 1.57. The van der Waals surface area contributed by atoms with Crippen LogP contribution < -0.4 is 24.3 Å². The number of ether oxygens (including phenoxy) is 4. The van der Waals surface area contributed by atoms with Gasteiger partial charge in [0.2, 0.25) is 0 Å². The summed E-state index contributed by atoms with van der Waals surface area (Å²) < 4.78 is 22.1. The maximum absolute atomic E-state index is 12.5. The van der Waals surface area contributed by atoms with E-state index in [1.165, 1.54) is 0 Å². The second-order valence-corrected chi connectivity index (χ2v) is 6.63. The van der Waals surface area contributed by atoms with E-state index < -0.39 is 0 Å². The Hall–Kier alpha value is -2.89. The van der Waals surface area contributed by atoms with E-state index in [2.05, 4.69) is 19.2 Å². The Morgan fingerprint density at radius 2 is 1.78 bits per heavy atom. The summed E-state index contributed by atoms with van der Waals surface area (Å²) in [4.78, 5) is 12.5. The van der Waals surface area contributed by atoms with Crippen LogP contribution in [0.2, 0.25) is 0 Å². The highest BCUT2D eigenvalue weighted by atomic mass is 16.6. The molecule has 2 aromatic rings. The fourth-order valence-electron chi connectivity index (χ4n) is 2.98. The van der Waals surface area contributed by atoms with Gasteiger partial charge in [-0.25, -0.2) is 0 Å². The van der Waals surface area contributed by atoms with Gasteiger partial charge in [0.1, 0.15) is 13.2 Å². The number of hydrogen-bond donors (Lipinski definition) is 1. The third kappa shape index (κ3) is 4.64. The highest BCUT2D eigenvalue weighted by molar-refractivity contribution is 5.78. The van der Waals surface area contributed by atoms with E-state index in [1.807, 2.05) is 30.3 Å². The van der Waals surface area contributed by atoms with Crippen molar-refractivity contribution in [3.8, 4) is 23.0 Å². The zero-order valence-corrected chi connectivity index (χ0v) is 15.9. The molecule has 3 rings (SSSR count). The Kier molecular flexibility index (Phi) is 6.06. The number of para-hydroxylation sites is 2. The SMILES string of the molecule is COc1ccccc1OCC(=O)N[C@H](c1ccc2c(c1)OCCO2)C(C)C. The van der Waals surface area contributed by atoms with Gasteiger partial charge in [0.15, 0.2) is 29.6 Å². The molecular weight excluding hydrogens is 346 g/mol. The highest BCUT2D eigenvalue weighted by Crippen LogP contribution is 2.34. The summed E-state index contributed by atoms with van der Waals surface area (Å²) in [5.41, 5.74) is 0.972. The third-order valence-electron chi connectivity index (χ3n) is 4.34. The number of amides is 1. The molecule has 0 fully saturated rings. The number of methoxy groups -OCH3 is 1. The Morgan fingerprint density at radius 3 is 2.48 bits per heavy atom. The Bertz CT molecular complexity index is 790. The standard InChI is InChI=1S/C21H25NO5/c1-14(2)21(15-8-9-18-19(12-15)26-11-10-25-18)22-20(23)13-27-17-7-5-4-6-16(17)24-3/h4-9,12,14,21H,10-11,13H2,1-3H3,(H,22,23)/t21-/m0/s1. The second-order valence-electron chi connectivity index (χ2n) is 6.63. The van der Waals surface area contributed by atoms with E-state index >= 15 is 0 Å². The number of carbonyl (C=O) groups excluding carboxylic acids is 1. The molecule has 1 amide bonds. The van der Waals surface area contributed by atoms with Gasteiger partial charge in [-0.3, -0.25) is 4.79 Å². The van der Waals surface area contributed by atoms with Gasteiger partial charge in [-0.2, -0.15) is 0 Å². The number of rotatable bonds is 7. The average Bonchev–Trinajstić information content (AvgIpc) is 2.70. The number of carbonyl (C=O) groups is 1. The van der Waals surface area contributed by atoms with Crippen LogP contribution in [0.15, 0.2) is 42.5 Å². The first-order valence-corrected chi connectivity index (χ1v) is 9.03. The summed E-state index contributed by atoms with van der Waals surface area (Å²) >= 11 is 0. The van der Waals surface area contributed by atoms with E-state index in [4.69, 9.17) is 18.9 Å². The van der Waals surface area contributed by atoms with Gasteiger partial charge in [0.05, 0.1) is 13.2 Å². The first-order valence-electron chi connectivity index (χ1n) is 9.03. The zero-order valence-electron chi connectivity index (χ0n) is 15.9. The molecule has 0 saturated heterocycles. The molecule has 0 radical (unpaired) electrons. The lowest BCUT2D eigenvalue weighted by Crippen LogP contribution is -2.35. The van der Waals surface area contributed by atoms with Crippen LogP contribution in [-0.2, 0) is 4.79 Å². The van der Waals surface area contributed by atoms with E-state index in [1.54, 1.807) is 19.2 Å². The number of fused-ring (bicyclic) bond motifs is 1. The molecule has 6 heteroatoms. The Morgan fingerprint density at radius 1 is 1.07 bits per heavy atom. The summed E-state index contributed by atoms with van der Waals surface area (Å²) in [6, 6.07) is 12.9. The molecule has 0 bridgehead atoms. The van der Waals surface area contributed by atoms with E-state index in [0.29, 0.717) is 30.5 Å². The molecule has 27 heavy (non-hydrogen) atoms. The molecule has 6 nitrogen and oxygen atoms in total. The predicted molar refractivity (Wildman–Crippen MR) is 102 cm³/mol. The van der Waals surface area contributed by atoms with Crippen LogP contribution >= 0.6 is 0 Å². The third-order valence-corrected chi connectivity index (χ3v) is 4.34. The lowest BCUT2D eigenvalue weighted by molar-refractivity contribution is -0.124. The molecule has 0 aliphatic carbocycles. The molecule has 0 saturated carbocycles. The first kappa shape index (κ1) is 18.9. The van der Waals surface area contributed by atoms with Crippen molar-refractivity contribution in [3.05, 3.63) is 48.0 Å². The maximum Gasteiger partial charge on any atom is 0.258 e.